The molecule has 5 rings (SSSR count). The highest BCUT2D eigenvalue weighted by atomic mass is 79.9. The maximum absolute atomic E-state index is 12.6. The first-order valence-electron chi connectivity index (χ1n) is 14.4. The van der Waals surface area contributed by atoms with Crippen LogP contribution in [-0.4, -0.2) is 34.4 Å². The number of rotatable bonds is 13. The molecule has 0 atom stereocenters. The molecule has 11 heteroatoms. The van der Waals surface area contributed by atoms with Gasteiger partial charge in [-0.25, -0.2) is 10.2 Å². The molecular formula is C35H32BrN3O7. The van der Waals surface area contributed by atoms with E-state index in [-0.39, 0.29) is 24.5 Å². The monoisotopic (exact) mass is 685 g/mol. The molecule has 2 heterocycles. The zero-order chi connectivity index (χ0) is 32.6. The number of hydrogen-bond donors (Lipinski definition) is 2. The Hall–Kier alpha value is -5.29. The van der Waals surface area contributed by atoms with E-state index >= 15 is 0 Å². The fraction of sp³-hybridized carbons (Fsp3) is 0.171. The average molecular weight is 687 g/mol. The average Bonchev–Trinajstić information content (AvgIpc) is 3.66. The van der Waals surface area contributed by atoms with Crippen molar-refractivity contribution in [1.82, 2.24) is 9.99 Å². The van der Waals surface area contributed by atoms with Gasteiger partial charge < -0.3 is 28.3 Å². The van der Waals surface area contributed by atoms with Crippen LogP contribution in [0.1, 0.15) is 56.1 Å². The summed E-state index contributed by atoms with van der Waals surface area (Å²) < 4.78 is 26.1. The van der Waals surface area contributed by atoms with Gasteiger partial charge in [0.2, 0.25) is 0 Å². The fourth-order valence-electron chi connectivity index (χ4n) is 4.68. The highest BCUT2D eigenvalue weighted by Gasteiger charge is 2.14. The van der Waals surface area contributed by atoms with E-state index in [1.165, 1.54) is 18.3 Å². The van der Waals surface area contributed by atoms with Crippen molar-refractivity contribution >= 4 is 34.0 Å². The lowest BCUT2D eigenvalue weighted by Gasteiger charge is -2.15. The van der Waals surface area contributed by atoms with E-state index in [0.717, 1.165) is 22.6 Å². The second kappa shape index (κ2) is 14.7. The highest BCUT2D eigenvalue weighted by Crippen LogP contribution is 2.37. The zero-order valence-electron chi connectivity index (χ0n) is 25.5. The number of aryl methyl sites for hydroxylation is 2. The summed E-state index contributed by atoms with van der Waals surface area (Å²) in [6.07, 6.45) is 1.48. The van der Waals surface area contributed by atoms with Gasteiger partial charge in [0, 0.05) is 17.1 Å². The first kappa shape index (κ1) is 32.1. The minimum Gasteiger partial charge on any atom is -0.490 e. The molecule has 2 N–H and O–H groups in total. The van der Waals surface area contributed by atoms with Gasteiger partial charge >= 0.3 is 11.9 Å². The molecule has 3 aromatic carbocycles. The number of aromatic nitrogens is 1. The predicted molar refractivity (Wildman–Crippen MR) is 176 cm³/mol. The third-order valence-corrected chi connectivity index (χ3v) is 7.52. The second-order valence-corrected chi connectivity index (χ2v) is 11.1. The lowest BCUT2D eigenvalue weighted by atomic mass is 10.1. The Labute approximate surface area is 274 Å². The molecule has 0 unspecified atom stereocenters. The number of carboxylic acid groups (broad SMARTS) is 1. The van der Waals surface area contributed by atoms with Crippen molar-refractivity contribution in [3.63, 3.8) is 0 Å². The number of benzene rings is 3. The van der Waals surface area contributed by atoms with Gasteiger partial charge in [0.15, 0.2) is 17.3 Å². The van der Waals surface area contributed by atoms with Gasteiger partial charge in [-0.05, 0) is 121 Å². The summed E-state index contributed by atoms with van der Waals surface area (Å²) in [6.45, 7) is 6.75. The number of carboxylic acids is 1. The van der Waals surface area contributed by atoms with Crippen LogP contribution in [0.3, 0.4) is 0 Å². The van der Waals surface area contributed by atoms with Crippen molar-refractivity contribution in [2.75, 3.05) is 6.61 Å². The molecule has 0 aliphatic rings. The number of carbonyl (C=O) groups excluding carboxylic acids is 1. The third-order valence-electron chi connectivity index (χ3n) is 6.93. The number of hydrogen-bond acceptors (Lipinski definition) is 7. The van der Waals surface area contributed by atoms with E-state index in [0.29, 0.717) is 39.7 Å². The van der Waals surface area contributed by atoms with Crippen molar-refractivity contribution in [2.45, 2.75) is 34.0 Å². The van der Waals surface area contributed by atoms with Crippen LogP contribution in [-0.2, 0) is 13.2 Å². The number of hydrazone groups is 1. The third kappa shape index (κ3) is 7.86. The lowest BCUT2D eigenvalue weighted by molar-refractivity contribution is 0.0696. The molecule has 46 heavy (non-hydrogen) atoms. The number of nitrogens with zero attached hydrogens (tertiary/aromatic N) is 2. The Morgan fingerprint density at radius 3 is 2.30 bits per heavy atom. The quantitative estimate of drug-likeness (QED) is 0.0973. The van der Waals surface area contributed by atoms with E-state index < -0.39 is 11.9 Å². The van der Waals surface area contributed by atoms with Gasteiger partial charge in [0.1, 0.15) is 24.7 Å². The SMILES string of the molecule is CCOc1cc(/C=N/NC(=O)c2ccc(COc3ccc(-n4c(C)ccc4C)cc3)o2)cc(Br)c1OCc1ccc(C(=O)O)cc1. The second-order valence-electron chi connectivity index (χ2n) is 10.3. The Balaban J connectivity index is 1.15. The normalized spacial score (nSPS) is 11.0. The Morgan fingerprint density at radius 1 is 0.913 bits per heavy atom. The molecule has 10 nitrogen and oxygen atoms in total. The molecule has 5 aromatic rings. The minimum atomic E-state index is -0.988. The number of nitrogens with one attached hydrogen (secondary N) is 1. The van der Waals surface area contributed by atoms with Gasteiger partial charge in [-0.15, -0.1) is 0 Å². The number of amides is 1. The number of furan rings is 1. The van der Waals surface area contributed by atoms with Crippen molar-refractivity contribution in [1.29, 1.82) is 0 Å². The minimum absolute atomic E-state index is 0.0981. The largest absolute Gasteiger partial charge is 0.490 e. The van der Waals surface area contributed by atoms with E-state index in [4.69, 9.17) is 23.7 Å². The van der Waals surface area contributed by atoms with Gasteiger partial charge in [-0.1, -0.05) is 12.1 Å². The van der Waals surface area contributed by atoms with Crippen molar-refractivity contribution in [3.8, 4) is 22.9 Å². The zero-order valence-corrected chi connectivity index (χ0v) is 27.0. The van der Waals surface area contributed by atoms with E-state index in [2.05, 4.69) is 57.0 Å². The van der Waals surface area contributed by atoms with Crippen LogP contribution in [0.25, 0.3) is 5.69 Å². The Bertz CT molecular complexity index is 1840. The summed E-state index contributed by atoms with van der Waals surface area (Å²) in [4.78, 5) is 23.7. The predicted octanol–water partition coefficient (Wildman–Crippen LogP) is 7.47. The summed E-state index contributed by atoms with van der Waals surface area (Å²) in [6, 6.07) is 25.2. The van der Waals surface area contributed by atoms with Crippen LogP contribution in [0.2, 0.25) is 0 Å². The standard InChI is InChI=1S/C35H32BrN3O7/c1-4-43-32-18-25(17-30(36)33(32)45-20-24-7-9-26(10-8-24)35(41)42)19-37-38-34(40)31-16-15-29(46-31)21-44-28-13-11-27(12-14-28)39-22(2)5-6-23(39)3/h5-19H,4,20-21H2,1-3H3,(H,38,40)(H,41,42)/b37-19+. The van der Waals surface area contributed by atoms with Crippen LogP contribution >= 0.6 is 15.9 Å². The molecule has 0 fully saturated rings. The summed E-state index contributed by atoms with van der Waals surface area (Å²) in [5.41, 5.74) is 7.49. The van der Waals surface area contributed by atoms with Crippen LogP contribution in [0.15, 0.2) is 98.9 Å². The van der Waals surface area contributed by atoms with Crippen LogP contribution in [0, 0.1) is 13.8 Å². The molecule has 0 spiro atoms. The first-order chi connectivity index (χ1) is 22.2. The molecule has 0 aliphatic heterocycles. The fourth-order valence-corrected chi connectivity index (χ4v) is 5.26. The Kier molecular flexibility index (Phi) is 10.2. The first-order valence-corrected chi connectivity index (χ1v) is 15.2. The van der Waals surface area contributed by atoms with Gasteiger partial charge in [-0.3, -0.25) is 4.79 Å². The molecule has 2 aromatic heterocycles. The molecule has 236 valence electrons. The Morgan fingerprint density at radius 2 is 1.63 bits per heavy atom. The van der Waals surface area contributed by atoms with Gasteiger partial charge in [0.05, 0.1) is 22.9 Å². The van der Waals surface area contributed by atoms with Crippen molar-refractivity contribution in [2.24, 2.45) is 5.10 Å². The molecule has 0 bridgehead atoms. The molecule has 0 aliphatic carbocycles. The molecule has 0 saturated heterocycles. The lowest BCUT2D eigenvalue weighted by Crippen LogP contribution is -2.16. The molecule has 1 amide bonds. The maximum Gasteiger partial charge on any atom is 0.335 e. The van der Waals surface area contributed by atoms with Gasteiger partial charge in [-0.2, -0.15) is 5.10 Å². The summed E-state index contributed by atoms with van der Waals surface area (Å²) in [5, 5.41) is 13.2. The summed E-state index contributed by atoms with van der Waals surface area (Å²) in [7, 11) is 0. The number of aromatic carboxylic acids is 1. The van der Waals surface area contributed by atoms with Crippen LogP contribution < -0.4 is 19.6 Å². The molecular weight excluding hydrogens is 654 g/mol. The molecule has 0 saturated carbocycles. The van der Waals surface area contributed by atoms with Gasteiger partial charge in [0.25, 0.3) is 0 Å². The summed E-state index contributed by atoms with van der Waals surface area (Å²) in [5.74, 6) is 0.737. The maximum atomic E-state index is 12.6. The highest BCUT2D eigenvalue weighted by molar-refractivity contribution is 9.10. The number of halogens is 1. The topological polar surface area (TPSA) is 125 Å². The van der Waals surface area contributed by atoms with E-state index in [1.807, 2.05) is 31.2 Å². The van der Waals surface area contributed by atoms with E-state index in [9.17, 15) is 9.59 Å². The van der Waals surface area contributed by atoms with Crippen molar-refractivity contribution in [3.05, 3.63) is 129 Å². The van der Waals surface area contributed by atoms with Crippen molar-refractivity contribution < 1.29 is 33.3 Å². The van der Waals surface area contributed by atoms with Crippen LogP contribution in [0.5, 0.6) is 17.2 Å². The van der Waals surface area contributed by atoms with Crippen LogP contribution in [0.4, 0.5) is 0 Å². The summed E-state index contributed by atoms with van der Waals surface area (Å²) >= 11 is 3.52. The number of carbonyl (C=O) groups is 2. The smallest absolute Gasteiger partial charge is 0.335 e. The number of ether oxygens (including phenoxy) is 3. The molecule has 0 radical (unpaired) electrons. The van der Waals surface area contributed by atoms with E-state index in [1.54, 1.807) is 36.4 Å².